The van der Waals surface area contributed by atoms with Crippen molar-refractivity contribution in [3.8, 4) is 45.1 Å². The summed E-state index contributed by atoms with van der Waals surface area (Å²) in [6.45, 7) is 0. The van der Waals surface area contributed by atoms with Gasteiger partial charge in [0.2, 0.25) is 0 Å². The molecule has 0 N–H and O–H groups in total. The molecule has 0 fully saturated rings. The zero-order valence-electron chi connectivity index (χ0n) is 29.3. The lowest BCUT2D eigenvalue weighted by Crippen LogP contribution is -1.98. The van der Waals surface area contributed by atoms with E-state index < -0.39 is 0 Å². The molecular formula is C50H32N4. The fourth-order valence-corrected chi connectivity index (χ4v) is 8.16. The summed E-state index contributed by atoms with van der Waals surface area (Å²) in [5.74, 6) is 0.699. The van der Waals surface area contributed by atoms with Gasteiger partial charge in [-0.3, -0.25) is 0 Å². The van der Waals surface area contributed by atoms with Crippen LogP contribution in [0, 0.1) is 0 Å². The number of rotatable bonds is 5. The van der Waals surface area contributed by atoms with Gasteiger partial charge in [-0.15, -0.1) is 0 Å². The van der Waals surface area contributed by atoms with Crippen LogP contribution in [-0.4, -0.2) is 19.1 Å². The maximum Gasteiger partial charge on any atom is 0.160 e. The minimum Gasteiger partial charge on any atom is -0.316 e. The third-order valence-electron chi connectivity index (χ3n) is 10.7. The first kappa shape index (κ1) is 30.3. The van der Waals surface area contributed by atoms with E-state index in [2.05, 4.69) is 197 Å². The lowest BCUT2D eigenvalue weighted by Gasteiger charge is -2.13. The van der Waals surface area contributed by atoms with E-state index in [0.717, 1.165) is 50.1 Å². The average Bonchev–Trinajstić information content (AvgIpc) is 3.83. The van der Waals surface area contributed by atoms with Crippen LogP contribution in [0.1, 0.15) is 0 Å². The molecule has 0 atom stereocenters. The van der Waals surface area contributed by atoms with E-state index in [4.69, 9.17) is 9.97 Å². The van der Waals surface area contributed by atoms with Gasteiger partial charge in [-0.25, -0.2) is 9.97 Å². The van der Waals surface area contributed by atoms with Crippen LogP contribution in [0.15, 0.2) is 194 Å². The predicted octanol–water partition coefficient (Wildman–Crippen LogP) is 12.8. The second-order valence-corrected chi connectivity index (χ2v) is 13.9. The second-order valence-electron chi connectivity index (χ2n) is 13.9. The summed E-state index contributed by atoms with van der Waals surface area (Å²) in [6, 6.07) is 66.9. The zero-order chi connectivity index (χ0) is 35.6. The number of para-hydroxylation sites is 3. The monoisotopic (exact) mass is 688 g/mol. The Kier molecular flexibility index (Phi) is 6.82. The van der Waals surface area contributed by atoms with Crippen LogP contribution >= 0.6 is 0 Å². The van der Waals surface area contributed by atoms with Crippen molar-refractivity contribution in [3.05, 3.63) is 194 Å². The van der Waals surface area contributed by atoms with Gasteiger partial charge in [0, 0.05) is 50.2 Å². The van der Waals surface area contributed by atoms with Gasteiger partial charge in [-0.05, 0) is 76.5 Å². The minimum absolute atomic E-state index is 0.699. The summed E-state index contributed by atoms with van der Waals surface area (Å²) in [7, 11) is 0. The molecule has 8 aromatic carbocycles. The molecule has 11 rings (SSSR count). The molecule has 3 heterocycles. The highest BCUT2D eigenvalue weighted by Gasteiger charge is 2.19. The third kappa shape index (κ3) is 4.85. The van der Waals surface area contributed by atoms with Gasteiger partial charge < -0.3 is 9.13 Å². The van der Waals surface area contributed by atoms with Crippen molar-refractivity contribution in [2.45, 2.75) is 0 Å². The van der Waals surface area contributed by atoms with Crippen LogP contribution < -0.4 is 0 Å². The third-order valence-corrected chi connectivity index (χ3v) is 10.7. The standard InChI is InChI=1S/C50H32N4/c1-2-14-40(15-3-1)53-30-29-36-27-28-46-47(49(36)53)43-18-7-9-20-45(43)54(46)41-16-10-13-39(32-41)50-51-44-19-8-6-17-42(44)48(52-50)35-24-21-34(22-25-35)38-26-23-33-11-4-5-12-37(33)31-38/h1-32H. The topological polar surface area (TPSA) is 35.6 Å². The maximum atomic E-state index is 5.29. The highest BCUT2D eigenvalue weighted by molar-refractivity contribution is 6.20. The van der Waals surface area contributed by atoms with Crippen molar-refractivity contribution in [1.82, 2.24) is 19.1 Å². The van der Waals surface area contributed by atoms with E-state index in [1.54, 1.807) is 0 Å². The quantitative estimate of drug-likeness (QED) is 0.180. The Balaban J connectivity index is 1.05. The SMILES string of the molecule is c1ccc(-n2ccc3ccc4c(c5ccccc5n4-c4cccc(-c5nc(-c6ccc(-c7ccc8ccccc8c7)cc6)c6ccccc6n5)c4)c32)cc1. The molecule has 0 bridgehead atoms. The molecule has 4 heteroatoms. The van der Waals surface area contributed by atoms with Crippen LogP contribution in [0.2, 0.25) is 0 Å². The van der Waals surface area contributed by atoms with Crippen LogP contribution in [-0.2, 0) is 0 Å². The average molecular weight is 689 g/mol. The normalized spacial score (nSPS) is 11.7. The van der Waals surface area contributed by atoms with Gasteiger partial charge in [0.15, 0.2) is 5.82 Å². The summed E-state index contributed by atoms with van der Waals surface area (Å²) >= 11 is 0. The molecule has 0 saturated carbocycles. The number of nitrogens with zero attached hydrogens (tertiary/aromatic N) is 4. The first-order valence-electron chi connectivity index (χ1n) is 18.3. The smallest absolute Gasteiger partial charge is 0.160 e. The Bertz CT molecular complexity index is 3210. The molecule has 3 aromatic heterocycles. The van der Waals surface area contributed by atoms with E-state index in [-0.39, 0.29) is 0 Å². The number of hydrogen-bond donors (Lipinski definition) is 0. The van der Waals surface area contributed by atoms with Gasteiger partial charge in [-0.2, -0.15) is 0 Å². The summed E-state index contributed by atoms with van der Waals surface area (Å²) in [5, 5.41) is 7.18. The van der Waals surface area contributed by atoms with Crippen LogP contribution in [0.4, 0.5) is 0 Å². The molecule has 0 radical (unpaired) electrons. The van der Waals surface area contributed by atoms with Crippen molar-refractivity contribution in [1.29, 1.82) is 0 Å². The minimum atomic E-state index is 0.699. The summed E-state index contributed by atoms with van der Waals surface area (Å²) in [4.78, 5) is 10.4. The van der Waals surface area contributed by atoms with Gasteiger partial charge in [0.25, 0.3) is 0 Å². The van der Waals surface area contributed by atoms with Crippen molar-refractivity contribution >= 4 is 54.4 Å². The van der Waals surface area contributed by atoms with Gasteiger partial charge in [-0.1, -0.05) is 133 Å². The molecule has 0 unspecified atom stereocenters. The molecule has 54 heavy (non-hydrogen) atoms. The maximum absolute atomic E-state index is 5.29. The lowest BCUT2D eigenvalue weighted by molar-refractivity contribution is 1.13. The van der Waals surface area contributed by atoms with Crippen molar-refractivity contribution in [2.24, 2.45) is 0 Å². The lowest BCUT2D eigenvalue weighted by atomic mass is 9.98. The molecule has 252 valence electrons. The van der Waals surface area contributed by atoms with E-state index in [1.165, 1.54) is 43.6 Å². The van der Waals surface area contributed by atoms with E-state index in [1.807, 2.05) is 6.07 Å². The Morgan fingerprint density at radius 2 is 1.09 bits per heavy atom. The molecule has 0 aliphatic heterocycles. The Morgan fingerprint density at radius 1 is 0.389 bits per heavy atom. The summed E-state index contributed by atoms with van der Waals surface area (Å²) < 4.78 is 4.69. The highest BCUT2D eigenvalue weighted by atomic mass is 15.0. The Labute approximate surface area is 311 Å². The van der Waals surface area contributed by atoms with Crippen LogP contribution in [0.5, 0.6) is 0 Å². The number of hydrogen-bond acceptors (Lipinski definition) is 2. The van der Waals surface area contributed by atoms with Crippen LogP contribution in [0.3, 0.4) is 0 Å². The summed E-state index contributed by atoms with van der Waals surface area (Å²) in [5.41, 5.74) is 12.0. The van der Waals surface area contributed by atoms with Crippen LogP contribution in [0.25, 0.3) is 99.5 Å². The molecular weight excluding hydrogens is 657 g/mol. The fourth-order valence-electron chi connectivity index (χ4n) is 8.16. The summed E-state index contributed by atoms with van der Waals surface area (Å²) in [6.07, 6.45) is 2.18. The molecule has 0 amide bonds. The van der Waals surface area contributed by atoms with Gasteiger partial charge in [0.05, 0.1) is 27.8 Å². The van der Waals surface area contributed by atoms with Crippen molar-refractivity contribution in [2.75, 3.05) is 0 Å². The van der Waals surface area contributed by atoms with Crippen molar-refractivity contribution < 1.29 is 0 Å². The van der Waals surface area contributed by atoms with E-state index >= 15 is 0 Å². The molecule has 0 aliphatic carbocycles. The number of aromatic nitrogens is 4. The number of benzene rings is 8. The zero-order valence-corrected chi connectivity index (χ0v) is 29.3. The highest BCUT2D eigenvalue weighted by Crippen LogP contribution is 2.39. The predicted molar refractivity (Wildman–Crippen MR) is 225 cm³/mol. The molecule has 0 aliphatic rings. The largest absolute Gasteiger partial charge is 0.316 e. The second kappa shape index (κ2) is 12.1. The first-order chi connectivity index (χ1) is 26.8. The Hall–Kier alpha value is -7.30. The van der Waals surface area contributed by atoms with E-state index in [0.29, 0.717) is 5.82 Å². The molecule has 0 saturated heterocycles. The molecule has 4 nitrogen and oxygen atoms in total. The Morgan fingerprint density at radius 3 is 1.98 bits per heavy atom. The number of fused-ring (bicyclic) bond motifs is 7. The van der Waals surface area contributed by atoms with Gasteiger partial charge >= 0.3 is 0 Å². The molecule has 11 aromatic rings. The first-order valence-corrected chi connectivity index (χ1v) is 18.3. The van der Waals surface area contributed by atoms with E-state index in [9.17, 15) is 0 Å². The molecule has 0 spiro atoms. The van der Waals surface area contributed by atoms with Gasteiger partial charge in [0.1, 0.15) is 0 Å². The fraction of sp³-hybridized carbons (Fsp3) is 0. The van der Waals surface area contributed by atoms with Crippen molar-refractivity contribution in [3.63, 3.8) is 0 Å².